The van der Waals surface area contributed by atoms with Crippen LogP contribution in [0.2, 0.25) is 0 Å². The lowest BCUT2D eigenvalue weighted by atomic mass is 9.85. The molecule has 0 saturated heterocycles. The minimum Gasteiger partial charge on any atom is -0.496 e. The second kappa shape index (κ2) is 11.4. The average molecular weight is 562 g/mol. The molecule has 5 rings (SSSR count). The smallest absolute Gasteiger partial charge is 0.414 e. The van der Waals surface area contributed by atoms with E-state index in [-0.39, 0.29) is 35.9 Å². The van der Waals surface area contributed by atoms with Crippen LogP contribution < -0.4 is 9.64 Å². The molecule has 2 aromatic carbocycles. The summed E-state index contributed by atoms with van der Waals surface area (Å²) in [5, 5.41) is 21.3. The number of nitrogens with zero attached hydrogens (tertiary/aromatic N) is 3. The van der Waals surface area contributed by atoms with Crippen molar-refractivity contribution in [1.29, 1.82) is 0 Å². The van der Waals surface area contributed by atoms with Crippen molar-refractivity contribution in [2.75, 3.05) is 19.1 Å². The number of aromatic nitrogens is 2. The first kappa shape index (κ1) is 28.6. The van der Waals surface area contributed by atoms with Crippen LogP contribution >= 0.6 is 12.4 Å². The Morgan fingerprint density at radius 1 is 1.15 bits per heavy atom. The number of aliphatic hydroxyl groups is 1. The molecule has 1 fully saturated rings. The highest BCUT2D eigenvalue weighted by molar-refractivity contribution is 5.95. The quantitative estimate of drug-likeness (QED) is 0.428. The first-order valence-electron chi connectivity index (χ1n) is 12.9. The largest absolute Gasteiger partial charge is 0.496 e. The van der Waals surface area contributed by atoms with Gasteiger partial charge in [0, 0.05) is 23.2 Å². The number of imidazole rings is 1. The fourth-order valence-corrected chi connectivity index (χ4v) is 6.05. The van der Waals surface area contributed by atoms with Gasteiger partial charge in [-0.2, -0.15) is 0 Å². The maximum absolute atomic E-state index is 14.3. The summed E-state index contributed by atoms with van der Waals surface area (Å²) in [5.41, 5.74) is 3.15. The number of hydrogen-bond acceptors (Lipinski definition) is 6. The standard InChI is InChI=1S/C28H32FN3O6.ClH/c1-15-7-9-19-21(31(15)28(36)38-3)10-11-22-24(19)30-26(25(33)20-14-17(29)8-12-23(20)37-2)32(22)18-6-4-5-16(13-18)27(34)35;/h8,10-12,14-16,18,25,33H,4-7,9,13H2,1-3H3,(H,34,35);1H/t15-,16+,18+,25+;/m0./s1. The van der Waals surface area contributed by atoms with E-state index < -0.39 is 29.9 Å². The minimum atomic E-state index is -1.33. The molecule has 4 atom stereocenters. The van der Waals surface area contributed by atoms with Gasteiger partial charge in [-0.1, -0.05) is 6.42 Å². The van der Waals surface area contributed by atoms with Crippen molar-refractivity contribution in [2.45, 2.75) is 63.6 Å². The Balaban J connectivity index is 0.00000353. The van der Waals surface area contributed by atoms with Gasteiger partial charge in [0.15, 0.2) is 0 Å². The van der Waals surface area contributed by atoms with Crippen LogP contribution in [0.25, 0.3) is 11.0 Å². The molecule has 2 aliphatic rings. The number of carbonyl (C=O) groups excluding carboxylic acids is 1. The van der Waals surface area contributed by atoms with E-state index in [2.05, 4.69) is 0 Å². The number of benzene rings is 2. The topological polar surface area (TPSA) is 114 Å². The number of carbonyl (C=O) groups is 2. The lowest BCUT2D eigenvalue weighted by molar-refractivity contribution is -0.143. The van der Waals surface area contributed by atoms with E-state index in [1.54, 1.807) is 4.90 Å². The van der Waals surface area contributed by atoms with Crippen LogP contribution in [-0.2, 0) is 16.0 Å². The maximum atomic E-state index is 14.3. The van der Waals surface area contributed by atoms with Crippen molar-refractivity contribution in [1.82, 2.24) is 9.55 Å². The minimum absolute atomic E-state index is 0. The van der Waals surface area contributed by atoms with Crippen LogP contribution in [0.15, 0.2) is 30.3 Å². The molecule has 9 nitrogen and oxygen atoms in total. The van der Waals surface area contributed by atoms with E-state index >= 15 is 0 Å². The molecule has 1 amide bonds. The Bertz CT molecular complexity index is 1400. The highest BCUT2D eigenvalue weighted by Crippen LogP contribution is 2.43. The maximum Gasteiger partial charge on any atom is 0.414 e. The lowest BCUT2D eigenvalue weighted by Crippen LogP contribution is -2.42. The van der Waals surface area contributed by atoms with Crippen LogP contribution in [-0.4, -0.2) is 52.1 Å². The molecular formula is C28H33ClFN3O6. The Morgan fingerprint density at radius 2 is 1.92 bits per heavy atom. The molecule has 1 saturated carbocycles. The number of rotatable bonds is 5. The number of ether oxygens (including phenoxy) is 2. The first-order chi connectivity index (χ1) is 18.2. The van der Waals surface area contributed by atoms with Crippen LogP contribution in [0.1, 0.15) is 68.1 Å². The monoisotopic (exact) mass is 561 g/mol. The summed E-state index contributed by atoms with van der Waals surface area (Å²) in [7, 11) is 2.79. The van der Waals surface area contributed by atoms with Crippen LogP contribution in [0.5, 0.6) is 5.75 Å². The highest BCUT2D eigenvalue weighted by atomic mass is 35.5. The second-order valence-corrected chi connectivity index (χ2v) is 10.1. The zero-order chi connectivity index (χ0) is 27.1. The van der Waals surface area contributed by atoms with Gasteiger partial charge >= 0.3 is 12.1 Å². The number of halogens is 2. The average Bonchev–Trinajstić information content (AvgIpc) is 3.32. The summed E-state index contributed by atoms with van der Waals surface area (Å²) in [6, 6.07) is 7.37. The van der Waals surface area contributed by atoms with Gasteiger partial charge in [0.1, 0.15) is 23.5 Å². The highest BCUT2D eigenvalue weighted by Gasteiger charge is 2.36. The molecule has 2 heterocycles. The van der Waals surface area contributed by atoms with E-state index in [1.165, 1.54) is 32.4 Å². The fourth-order valence-electron chi connectivity index (χ4n) is 6.05. The van der Waals surface area contributed by atoms with Gasteiger partial charge in [-0.3, -0.25) is 9.69 Å². The van der Waals surface area contributed by atoms with E-state index in [1.807, 2.05) is 23.6 Å². The molecule has 0 spiro atoms. The van der Waals surface area contributed by atoms with Gasteiger partial charge in [-0.05, 0) is 69.4 Å². The van der Waals surface area contributed by atoms with Crippen molar-refractivity contribution in [3.05, 3.63) is 53.1 Å². The second-order valence-electron chi connectivity index (χ2n) is 10.1. The normalized spacial score (nSPS) is 21.6. The summed E-state index contributed by atoms with van der Waals surface area (Å²) in [6.07, 6.45) is 2.01. The van der Waals surface area contributed by atoms with E-state index in [9.17, 15) is 24.2 Å². The predicted molar refractivity (Wildman–Crippen MR) is 145 cm³/mol. The van der Waals surface area contributed by atoms with E-state index in [0.29, 0.717) is 42.6 Å². The summed E-state index contributed by atoms with van der Waals surface area (Å²) in [6.45, 7) is 1.96. The van der Waals surface area contributed by atoms with Crippen LogP contribution in [0.4, 0.5) is 14.9 Å². The zero-order valence-electron chi connectivity index (χ0n) is 22.1. The lowest BCUT2D eigenvalue weighted by Gasteiger charge is -2.34. The Labute approximate surface area is 231 Å². The molecule has 2 N–H and O–H groups in total. The Kier molecular flexibility index (Phi) is 8.37. The molecule has 1 aromatic heterocycles. The number of anilines is 1. The molecule has 1 aliphatic carbocycles. The van der Waals surface area contributed by atoms with Crippen molar-refractivity contribution < 1.29 is 33.7 Å². The summed E-state index contributed by atoms with van der Waals surface area (Å²) < 4.78 is 26.6. The molecule has 0 radical (unpaired) electrons. The van der Waals surface area contributed by atoms with Crippen molar-refractivity contribution in [3.63, 3.8) is 0 Å². The summed E-state index contributed by atoms with van der Waals surface area (Å²) in [4.78, 5) is 31.0. The third-order valence-corrected chi connectivity index (χ3v) is 7.94. The van der Waals surface area contributed by atoms with Crippen molar-refractivity contribution in [3.8, 4) is 5.75 Å². The van der Waals surface area contributed by atoms with Crippen molar-refractivity contribution in [2.24, 2.45) is 5.92 Å². The van der Waals surface area contributed by atoms with Crippen LogP contribution in [0.3, 0.4) is 0 Å². The van der Waals surface area contributed by atoms with E-state index in [4.69, 9.17) is 14.5 Å². The number of aryl methyl sites for hydroxylation is 1. The first-order valence-corrected chi connectivity index (χ1v) is 12.9. The molecule has 0 unspecified atom stereocenters. The van der Waals surface area contributed by atoms with Gasteiger partial charge < -0.3 is 24.3 Å². The van der Waals surface area contributed by atoms with Crippen LogP contribution in [0, 0.1) is 11.7 Å². The molecular weight excluding hydrogens is 529 g/mol. The summed E-state index contributed by atoms with van der Waals surface area (Å²) >= 11 is 0. The van der Waals surface area contributed by atoms with E-state index in [0.717, 1.165) is 23.9 Å². The number of aliphatic carboxylic acids is 1. The Morgan fingerprint density at radius 3 is 2.62 bits per heavy atom. The van der Waals surface area contributed by atoms with Gasteiger partial charge in [0.25, 0.3) is 0 Å². The number of carboxylic acid groups (broad SMARTS) is 1. The fraction of sp³-hybridized carbons (Fsp3) is 0.464. The zero-order valence-corrected chi connectivity index (χ0v) is 22.9. The molecule has 11 heteroatoms. The number of methoxy groups -OCH3 is 2. The molecule has 1 aliphatic heterocycles. The number of hydrogen-bond donors (Lipinski definition) is 2. The Hall–Kier alpha value is -3.37. The molecule has 210 valence electrons. The number of aliphatic hydroxyl groups excluding tert-OH is 1. The number of carboxylic acids is 1. The molecule has 39 heavy (non-hydrogen) atoms. The summed E-state index contributed by atoms with van der Waals surface area (Å²) in [5.74, 6) is -1.26. The SMILES string of the molecule is COC(=O)N1c2ccc3c(nc([C@H](O)c4cc(F)ccc4OC)n3[C@@H]3CCC[C@@H](C(=O)O)C3)c2CC[C@@H]1C.Cl. The number of fused-ring (bicyclic) bond motifs is 3. The third-order valence-electron chi connectivity index (χ3n) is 7.94. The van der Waals surface area contributed by atoms with Gasteiger partial charge in [0.2, 0.25) is 0 Å². The molecule has 0 bridgehead atoms. The predicted octanol–water partition coefficient (Wildman–Crippen LogP) is 5.41. The van der Waals surface area contributed by atoms with Gasteiger partial charge in [-0.25, -0.2) is 14.2 Å². The number of amides is 1. The third kappa shape index (κ3) is 5.03. The van der Waals surface area contributed by atoms with Crippen molar-refractivity contribution >= 4 is 41.2 Å². The van der Waals surface area contributed by atoms with Gasteiger partial charge in [0.05, 0.1) is 36.9 Å². The van der Waals surface area contributed by atoms with Gasteiger partial charge in [-0.15, -0.1) is 12.4 Å². The molecule has 3 aromatic rings.